The largest absolute Gasteiger partial charge is 0.324 e. The second-order valence-corrected chi connectivity index (χ2v) is 7.12. The van der Waals surface area contributed by atoms with Crippen molar-refractivity contribution in [1.29, 1.82) is 0 Å². The Morgan fingerprint density at radius 1 is 1.25 bits per heavy atom. The van der Waals surface area contributed by atoms with Crippen LogP contribution in [0.15, 0.2) is 35.1 Å². The molecule has 0 aliphatic carbocycles. The summed E-state index contributed by atoms with van der Waals surface area (Å²) >= 11 is 1.49. The number of hydrogen-bond donors (Lipinski definition) is 1. The number of carbonyl (C=O) groups is 1. The summed E-state index contributed by atoms with van der Waals surface area (Å²) in [5.41, 5.74) is 1.55. The molecule has 0 saturated carbocycles. The number of nitrogens with zero attached hydrogens (tertiary/aromatic N) is 2. The van der Waals surface area contributed by atoms with Gasteiger partial charge in [0.2, 0.25) is 5.91 Å². The molecule has 0 spiro atoms. The van der Waals surface area contributed by atoms with Gasteiger partial charge < -0.3 is 5.32 Å². The number of benzene rings is 1. The summed E-state index contributed by atoms with van der Waals surface area (Å²) in [6.45, 7) is 7.35. The number of para-hydroxylation sites is 1. The van der Waals surface area contributed by atoms with Crippen molar-refractivity contribution < 1.29 is 4.79 Å². The monoisotopic (exact) mass is 341 g/mol. The van der Waals surface area contributed by atoms with E-state index in [2.05, 4.69) is 10.3 Å². The van der Waals surface area contributed by atoms with Gasteiger partial charge in [0, 0.05) is 10.6 Å². The highest BCUT2D eigenvalue weighted by atomic mass is 32.1. The fourth-order valence-corrected chi connectivity index (χ4v) is 3.66. The van der Waals surface area contributed by atoms with E-state index in [9.17, 15) is 9.59 Å². The number of anilines is 1. The third kappa shape index (κ3) is 2.85. The predicted octanol–water partition coefficient (Wildman–Crippen LogP) is 3.58. The number of amides is 1. The zero-order valence-corrected chi connectivity index (χ0v) is 14.9. The lowest BCUT2D eigenvalue weighted by Gasteiger charge is -2.18. The van der Waals surface area contributed by atoms with E-state index in [1.807, 2.05) is 44.2 Å². The van der Waals surface area contributed by atoms with Crippen LogP contribution in [0.4, 0.5) is 5.69 Å². The van der Waals surface area contributed by atoms with Gasteiger partial charge in [0.05, 0.1) is 5.39 Å². The molecule has 1 N–H and O–H groups in total. The van der Waals surface area contributed by atoms with Crippen molar-refractivity contribution >= 4 is 33.1 Å². The highest BCUT2D eigenvalue weighted by Crippen LogP contribution is 2.22. The number of thiophene rings is 1. The summed E-state index contributed by atoms with van der Waals surface area (Å²) in [5, 5.41) is 3.46. The van der Waals surface area contributed by atoms with E-state index in [-0.39, 0.29) is 11.5 Å². The molecular formula is C18H19N3O2S. The van der Waals surface area contributed by atoms with Gasteiger partial charge in [-0.05, 0) is 45.4 Å². The van der Waals surface area contributed by atoms with Gasteiger partial charge >= 0.3 is 0 Å². The zero-order valence-electron chi connectivity index (χ0n) is 14.1. The van der Waals surface area contributed by atoms with Gasteiger partial charge in [0.25, 0.3) is 5.56 Å². The van der Waals surface area contributed by atoms with Crippen molar-refractivity contribution in [3.63, 3.8) is 0 Å². The zero-order chi connectivity index (χ0) is 17.4. The number of fused-ring (bicyclic) bond motifs is 1. The van der Waals surface area contributed by atoms with Crippen LogP contribution in [0.3, 0.4) is 0 Å². The summed E-state index contributed by atoms with van der Waals surface area (Å²) in [6, 6.07) is 8.75. The lowest BCUT2D eigenvalue weighted by Crippen LogP contribution is -2.33. The molecule has 6 heteroatoms. The summed E-state index contributed by atoms with van der Waals surface area (Å²) in [7, 11) is 0. The molecule has 5 nitrogen and oxygen atoms in total. The normalized spacial score (nSPS) is 12.3. The van der Waals surface area contributed by atoms with Gasteiger partial charge in [0.15, 0.2) is 0 Å². The predicted molar refractivity (Wildman–Crippen MR) is 97.9 cm³/mol. The molecule has 2 aromatic heterocycles. The molecule has 124 valence electrons. The SMILES string of the molecule is Cc1cc2c(=O)n(C(C)C(=O)Nc3ccccc3C)c(C)nc2s1. The lowest BCUT2D eigenvalue weighted by molar-refractivity contribution is -0.118. The van der Waals surface area contributed by atoms with Crippen LogP contribution in [0.2, 0.25) is 0 Å². The first kappa shape index (κ1) is 16.4. The van der Waals surface area contributed by atoms with Crippen molar-refractivity contribution in [3.05, 3.63) is 57.0 Å². The van der Waals surface area contributed by atoms with Crippen molar-refractivity contribution in [2.24, 2.45) is 0 Å². The molecule has 0 radical (unpaired) electrons. The highest BCUT2D eigenvalue weighted by molar-refractivity contribution is 7.18. The van der Waals surface area contributed by atoms with E-state index in [1.54, 1.807) is 13.8 Å². The number of nitrogens with one attached hydrogen (secondary N) is 1. The van der Waals surface area contributed by atoms with Crippen LogP contribution in [0, 0.1) is 20.8 Å². The Labute approximate surface area is 144 Å². The molecule has 3 rings (SSSR count). The minimum absolute atomic E-state index is 0.172. The smallest absolute Gasteiger partial charge is 0.263 e. The maximum atomic E-state index is 12.8. The number of rotatable bonds is 3. The molecular weight excluding hydrogens is 322 g/mol. The van der Waals surface area contributed by atoms with Crippen LogP contribution < -0.4 is 10.9 Å². The van der Waals surface area contributed by atoms with Crippen molar-refractivity contribution in [2.75, 3.05) is 5.32 Å². The molecule has 0 aliphatic rings. The van der Waals surface area contributed by atoms with Crippen molar-refractivity contribution in [2.45, 2.75) is 33.7 Å². The molecule has 3 aromatic rings. The molecule has 1 aromatic carbocycles. The Bertz CT molecular complexity index is 988. The fraction of sp³-hybridized carbons (Fsp3) is 0.278. The fourth-order valence-electron chi connectivity index (χ4n) is 2.74. The first-order valence-electron chi connectivity index (χ1n) is 7.74. The molecule has 2 heterocycles. The maximum Gasteiger partial charge on any atom is 0.263 e. The van der Waals surface area contributed by atoms with Crippen LogP contribution in [0.25, 0.3) is 10.2 Å². The van der Waals surface area contributed by atoms with Gasteiger partial charge in [-0.3, -0.25) is 14.2 Å². The van der Waals surface area contributed by atoms with E-state index in [1.165, 1.54) is 15.9 Å². The molecule has 0 fully saturated rings. The quantitative estimate of drug-likeness (QED) is 0.792. The van der Waals surface area contributed by atoms with Crippen LogP contribution >= 0.6 is 11.3 Å². The molecule has 1 unspecified atom stereocenters. The van der Waals surface area contributed by atoms with E-state index >= 15 is 0 Å². The summed E-state index contributed by atoms with van der Waals surface area (Å²) in [6.07, 6.45) is 0. The van der Waals surface area contributed by atoms with Crippen LogP contribution in [-0.2, 0) is 4.79 Å². The van der Waals surface area contributed by atoms with E-state index < -0.39 is 6.04 Å². The van der Waals surface area contributed by atoms with Gasteiger partial charge in [-0.15, -0.1) is 11.3 Å². The number of carbonyl (C=O) groups excluding carboxylic acids is 1. The number of hydrogen-bond acceptors (Lipinski definition) is 4. The van der Waals surface area contributed by atoms with Gasteiger partial charge in [0.1, 0.15) is 16.7 Å². The van der Waals surface area contributed by atoms with Crippen LogP contribution in [0.1, 0.15) is 29.2 Å². The minimum atomic E-state index is -0.644. The van der Waals surface area contributed by atoms with Gasteiger partial charge in [-0.2, -0.15) is 0 Å². The number of aromatic nitrogens is 2. The highest BCUT2D eigenvalue weighted by Gasteiger charge is 2.21. The first-order valence-corrected chi connectivity index (χ1v) is 8.56. The summed E-state index contributed by atoms with van der Waals surface area (Å²) < 4.78 is 1.46. The Kier molecular flexibility index (Phi) is 4.24. The third-order valence-corrected chi connectivity index (χ3v) is 5.01. The molecule has 1 atom stereocenters. The second kappa shape index (κ2) is 6.20. The minimum Gasteiger partial charge on any atom is -0.324 e. The average molecular weight is 341 g/mol. The van der Waals surface area contributed by atoms with Gasteiger partial charge in [-0.1, -0.05) is 18.2 Å². The maximum absolute atomic E-state index is 12.8. The molecule has 1 amide bonds. The molecule has 24 heavy (non-hydrogen) atoms. The molecule has 0 saturated heterocycles. The lowest BCUT2D eigenvalue weighted by atomic mass is 10.2. The standard InChI is InChI=1S/C18H19N3O2S/c1-10-7-5-6-8-15(10)20-16(22)12(3)21-13(4)19-17-14(18(21)23)9-11(2)24-17/h5-9,12H,1-4H3,(H,20,22). The topological polar surface area (TPSA) is 64.0 Å². The van der Waals surface area contributed by atoms with Gasteiger partial charge in [-0.25, -0.2) is 4.98 Å². The van der Waals surface area contributed by atoms with E-state index in [0.717, 1.165) is 21.0 Å². The molecule has 0 aliphatic heterocycles. The second-order valence-electron chi connectivity index (χ2n) is 5.89. The van der Waals surface area contributed by atoms with Crippen LogP contribution in [0.5, 0.6) is 0 Å². The Morgan fingerprint density at radius 3 is 2.67 bits per heavy atom. The van der Waals surface area contributed by atoms with E-state index in [4.69, 9.17) is 0 Å². The van der Waals surface area contributed by atoms with Crippen molar-refractivity contribution in [3.8, 4) is 0 Å². The third-order valence-electron chi connectivity index (χ3n) is 4.07. The Morgan fingerprint density at radius 2 is 1.96 bits per heavy atom. The van der Waals surface area contributed by atoms with Crippen LogP contribution in [-0.4, -0.2) is 15.5 Å². The first-order chi connectivity index (χ1) is 11.4. The van der Waals surface area contributed by atoms with Crippen molar-refractivity contribution in [1.82, 2.24) is 9.55 Å². The van der Waals surface area contributed by atoms with E-state index in [0.29, 0.717) is 11.2 Å². The summed E-state index contributed by atoms with van der Waals surface area (Å²) in [5.74, 6) is 0.310. The Hall–Kier alpha value is -2.47. The number of aryl methyl sites for hydroxylation is 3. The Balaban J connectivity index is 1.99. The molecule has 0 bridgehead atoms. The average Bonchev–Trinajstić information content (AvgIpc) is 2.90. The summed E-state index contributed by atoms with van der Waals surface area (Å²) in [4.78, 5) is 31.6.